The van der Waals surface area contributed by atoms with Gasteiger partial charge in [-0.05, 0) is 31.0 Å². The van der Waals surface area contributed by atoms with Crippen LogP contribution in [0.25, 0.3) is 0 Å². The molecule has 0 spiro atoms. The van der Waals surface area contributed by atoms with E-state index in [-0.39, 0.29) is 11.6 Å². The second-order valence-corrected chi connectivity index (χ2v) is 7.38. The summed E-state index contributed by atoms with van der Waals surface area (Å²) in [7, 11) is -0.581. The molecule has 1 unspecified atom stereocenters. The fourth-order valence-corrected chi connectivity index (χ4v) is 3.27. The molecule has 8 heteroatoms. The van der Waals surface area contributed by atoms with Gasteiger partial charge < -0.3 is 4.90 Å². The Hall–Kier alpha value is -1.69. The molecule has 1 aliphatic rings. The number of benzene rings is 1. The summed E-state index contributed by atoms with van der Waals surface area (Å²) < 4.78 is 41.6. The zero-order valence-corrected chi connectivity index (χ0v) is 13.4. The minimum absolute atomic E-state index is 0.267. The van der Waals surface area contributed by atoms with E-state index in [2.05, 4.69) is 4.72 Å². The standard InChI is InChI=1S/C14H19FN4O2S/c1-18(2)22(20,21)17-12-4-3-7-19(10-12)14-6-5-11(9-16)8-13(14)15/h5-6,8,12,17H,3-4,7,10H2,1-2H3. The van der Waals surface area contributed by atoms with Crippen molar-refractivity contribution in [2.45, 2.75) is 18.9 Å². The van der Waals surface area contributed by atoms with Crippen LogP contribution in [0.1, 0.15) is 18.4 Å². The van der Waals surface area contributed by atoms with E-state index in [1.165, 1.54) is 20.2 Å². The van der Waals surface area contributed by atoms with Crippen LogP contribution in [-0.4, -0.2) is 45.9 Å². The fourth-order valence-electron chi connectivity index (χ4n) is 2.44. The minimum Gasteiger partial charge on any atom is -0.368 e. The lowest BCUT2D eigenvalue weighted by Gasteiger charge is -2.35. The van der Waals surface area contributed by atoms with Gasteiger partial charge in [0.1, 0.15) is 5.82 Å². The Kier molecular flexibility index (Phi) is 5.01. The van der Waals surface area contributed by atoms with Crippen LogP contribution < -0.4 is 9.62 Å². The SMILES string of the molecule is CN(C)S(=O)(=O)NC1CCCN(c2ccc(C#N)cc2F)C1. The van der Waals surface area contributed by atoms with E-state index in [9.17, 15) is 12.8 Å². The summed E-state index contributed by atoms with van der Waals surface area (Å²) in [6.07, 6.45) is 1.47. The molecule has 1 aromatic carbocycles. The monoisotopic (exact) mass is 326 g/mol. The van der Waals surface area contributed by atoms with Gasteiger partial charge in [0.2, 0.25) is 0 Å². The van der Waals surface area contributed by atoms with Crippen LogP contribution in [0.3, 0.4) is 0 Å². The predicted octanol–water partition coefficient (Wildman–Crippen LogP) is 1.06. The van der Waals surface area contributed by atoms with Gasteiger partial charge >= 0.3 is 0 Å². The van der Waals surface area contributed by atoms with Crippen LogP contribution in [0.2, 0.25) is 0 Å². The number of anilines is 1. The summed E-state index contributed by atoms with van der Waals surface area (Å²) in [5, 5.41) is 8.77. The van der Waals surface area contributed by atoms with Crippen molar-refractivity contribution < 1.29 is 12.8 Å². The highest BCUT2D eigenvalue weighted by molar-refractivity contribution is 7.87. The maximum absolute atomic E-state index is 14.1. The third-order valence-electron chi connectivity index (χ3n) is 3.64. The number of nitrogens with one attached hydrogen (secondary N) is 1. The summed E-state index contributed by atoms with van der Waals surface area (Å²) in [6.45, 7) is 1.05. The van der Waals surface area contributed by atoms with Crippen molar-refractivity contribution in [2.24, 2.45) is 0 Å². The van der Waals surface area contributed by atoms with E-state index >= 15 is 0 Å². The number of halogens is 1. The van der Waals surface area contributed by atoms with Crippen molar-refractivity contribution in [3.8, 4) is 6.07 Å². The van der Waals surface area contributed by atoms with Gasteiger partial charge in [-0.25, -0.2) is 4.39 Å². The van der Waals surface area contributed by atoms with Crippen LogP contribution in [0.5, 0.6) is 0 Å². The van der Waals surface area contributed by atoms with Crippen molar-refractivity contribution in [1.29, 1.82) is 5.26 Å². The molecule has 1 heterocycles. The van der Waals surface area contributed by atoms with Crippen LogP contribution >= 0.6 is 0 Å². The van der Waals surface area contributed by atoms with E-state index in [4.69, 9.17) is 5.26 Å². The average molecular weight is 326 g/mol. The molecule has 0 bridgehead atoms. The number of nitriles is 1. The summed E-state index contributed by atoms with van der Waals surface area (Å²) in [6, 6.07) is 5.95. The quantitative estimate of drug-likeness (QED) is 0.898. The molecule has 1 aromatic rings. The first-order chi connectivity index (χ1) is 10.3. The third kappa shape index (κ3) is 3.74. The van der Waals surface area contributed by atoms with Crippen molar-refractivity contribution in [2.75, 3.05) is 32.1 Å². The Morgan fingerprint density at radius 3 is 2.77 bits per heavy atom. The molecule has 0 amide bonds. The van der Waals surface area contributed by atoms with Crippen molar-refractivity contribution in [3.05, 3.63) is 29.6 Å². The smallest absolute Gasteiger partial charge is 0.279 e. The van der Waals surface area contributed by atoms with Crippen molar-refractivity contribution >= 4 is 15.9 Å². The van der Waals surface area contributed by atoms with E-state index in [1.807, 2.05) is 11.0 Å². The molecule has 0 aromatic heterocycles. The van der Waals surface area contributed by atoms with Gasteiger partial charge in [-0.15, -0.1) is 0 Å². The Morgan fingerprint density at radius 1 is 1.45 bits per heavy atom. The average Bonchev–Trinajstić information content (AvgIpc) is 2.46. The first kappa shape index (κ1) is 16.7. The number of piperidine rings is 1. The number of rotatable bonds is 4. The number of hydrogen-bond acceptors (Lipinski definition) is 4. The third-order valence-corrected chi connectivity index (χ3v) is 5.23. The Morgan fingerprint density at radius 2 is 2.18 bits per heavy atom. The number of hydrogen-bond donors (Lipinski definition) is 1. The van der Waals surface area contributed by atoms with Crippen molar-refractivity contribution in [3.63, 3.8) is 0 Å². The Balaban J connectivity index is 2.13. The lowest BCUT2D eigenvalue weighted by Crippen LogP contribution is -2.50. The highest BCUT2D eigenvalue weighted by Crippen LogP contribution is 2.24. The van der Waals surface area contributed by atoms with E-state index in [1.54, 1.807) is 12.1 Å². The molecule has 2 rings (SSSR count). The molecule has 0 saturated carbocycles. The molecular formula is C14H19FN4O2S. The molecule has 1 N–H and O–H groups in total. The van der Waals surface area contributed by atoms with Gasteiger partial charge in [-0.1, -0.05) is 0 Å². The fraction of sp³-hybridized carbons (Fsp3) is 0.500. The highest BCUT2D eigenvalue weighted by atomic mass is 32.2. The topological polar surface area (TPSA) is 76.4 Å². The normalized spacial score (nSPS) is 19.2. The zero-order valence-electron chi connectivity index (χ0n) is 12.6. The predicted molar refractivity (Wildman–Crippen MR) is 82.1 cm³/mol. The molecule has 1 aliphatic heterocycles. The maximum atomic E-state index is 14.1. The van der Waals surface area contributed by atoms with Gasteiger partial charge in [-0.2, -0.15) is 22.7 Å². The lowest BCUT2D eigenvalue weighted by atomic mass is 10.1. The molecule has 1 fully saturated rings. The number of nitrogens with zero attached hydrogens (tertiary/aromatic N) is 3. The second-order valence-electron chi connectivity index (χ2n) is 5.47. The molecule has 120 valence electrons. The molecular weight excluding hydrogens is 307 g/mol. The largest absolute Gasteiger partial charge is 0.368 e. The van der Waals surface area contributed by atoms with Gasteiger partial charge in [0.05, 0.1) is 17.3 Å². The lowest BCUT2D eigenvalue weighted by molar-refractivity contribution is 0.440. The Labute approximate surface area is 130 Å². The van der Waals surface area contributed by atoms with Gasteiger partial charge in [0, 0.05) is 33.2 Å². The molecule has 1 atom stereocenters. The molecule has 22 heavy (non-hydrogen) atoms. The summed E-state index contributed by atoms with van der Waals surface area (Å²) >= 11 is 0. The highest BCUT2D eigenvalue weighted by Gasteiger charge is 2.26. The van der Waals surface area contributed by atoms with Crippen LogP contribution in [0.4, 0.5) is 10.1 Å². The van der Waals surface area contributed by atoms with E-state index in [0.717, 1.165) is 10.7 Å². The Bertz CT molecular complexity index is 685. The molecule has 0 radical (unpaired) electrons. The first-order valence-electron chi connectivity index (χ1n) is 6.98. The molecule has 0 aliphatic carbocycles. The van der Waals surface area contributed by atoms with E-state index in [0.29, 0.717) is 25.2 Å². The zero-order chi connectivity index (χ0) is 16.3. The van der Waals surface area contributed by atoms with Crippen LogP contribution in [0, 0.1) is 17.1 Å². The maximum Gasteiger partial charge on any atom is 0.279 e. The van der Waals surface area contributed by atoms with Crippen molar-refractivity contribution in [1.82, 2.24) is 9.03 Å². The molecule has 1 saturated heterocycles. The van der Waals surface area contributed by atoms with Gasteiger partial charge in [0.25, 0.3) is 10.2 Å². The summed E-state index contributed by atoms with van der Waals surface area (Å²) in [5.41, 5.74) is 0.663. The van der Waals surface area contributed by atoms with Crippen LogP contribution in [-0.2, 0) is 10.2 Å². The first-order valence-corrected chi connectivity index (χ1v) is 8.42. The van der Waals surface area contributed by atoms with Gasteiger partial charge in [0.15, 0.2) is 0 Å². The summed E-state index contributed by atoms with van der Waals surface area (Å²) in [4.78, 5) is 1.81. The molecule has 6 nitrogen and oxygen atoms in total. The second kappa shape index (κ2) is 6.60. The minimum atomic E-state index is -3.50. The van der Waals surface area contributed by atoms with Gasteiger partial charge in [-0.3, -0.25) is 0 Å². The summed E-state index contributed by atoms with van der Waals surface area (Å²) in [5.74, 6) is -0.463. The van der Waals surface area contributed by atoms with Crippen LogP contribution in [0.15, 0.2) is 18.2 Å². The van der Waals surface area contributed by atoms with E-state index < -0.39 is 16.0 Å².